The van der Waals surface area contributed by atoms with Gasteiger partial charge >= 0.3 is 0 Å². The van der Waals surface area contributed by atoms with Crippen LogP contribution in [0.5, 0.6) is 0 Å². The standard InChI is InChI=1S/C14H31N3O/c1-12(2)9-15-10-14(18)11-16-5-7-17(8-6-16)13(3)4/h12-15,18H,5-11H2,1-4H3. The van der Waals surface area contributed by atoms with Crippen LogP contribution in [-0.4, -0.2) is 72.9 Å². The van der Waals surface area contributed by atoms with Gasteiger partial charge < -0.3 is 10.4 Å². The zero-order chi connectivity index (χ0) is 13.5. The summed E-state index contributed by atoms with van der Waals surface area (Å²) in [4.78, 5) is 4.88. The third-order valence-corrected chi connectivity index (χ3v) is 3.54. The normalized spacial score (nSPS) is 20.8. The summed E-state index contributed by atoms with van der Waals surface area (Å²) >= 11 is 0. The first kappa shape index (κ1) is 15.9. The van der Waals surface area contributed by atoms with Crippen LogP contribution >= 0.6 is 0 Å². The second kappa shape index (κ2) is 8.10. The minimum Gasteiger partial charge on any atom is -0.390 e. The van der Waals surface area contributed by atoms with Crippen LogP contribution in [0.3, 0.4) is 0 Å². The molecule has 108 valence electrons. The summed E-state index contributed by atoms with van der Waals surface area (Å²) in [5.74, 6) is 0.645. The lowest BCUT2D eigenvalue weighted by atomic mass is 10.2. The summed E-state index contributed by atoms with van der Waals surface area (Å²) in [6.45, 7) is 15.8. The molecule has 1 rings (SSSR count). The van der Waals surface area contributed by atoms with Crippen molar-refractivity contribution in [3.05, 3.63) is 0 Å². The molecule has 0 saturated carbocycles. The molecule has 1 atom stereocenters. The summed E-state index contributed by atoms with van der Waals surface area (Å²) in [6, 6.07) is 0.643. The summed E-state index contributed by atoms with van der Waals surface area (Å²) in [5.41, 5.74) is 0. The molecule has 18 heavy (non-hydrogen) atoms. The maximum Gasteiger partial charge on any atom is 0.0791 e. The van der Waals surface area contributed by atoms with Crippen molar-refractivity contribution < 1.29 is 5.11 Å². The lowest BCUT2D eigenvalue weighted by Crippen LogP contribution is -2.51. The van der Waals surface area contributed by atoms with Crippen LogP contribution < -0.4 is 5.32 Å². The molecule has 1 heterocycles. The number of nitrogens with zero attached hydrogens (tertiary/aromatic N) is 2. The monoisotopic (exact) mass is 257 g/mol. The van der Waals surface area contributed by atoms with E-state index in [0.717, 1.165) is 39.3 Å². The molecule has 1 saturated heterocycles. The Morgan fingerprint density at radius 2 is 1.61 bits per heavy atom. The number of nitrogens with one attached hydrogen (secondary N) is 1. The topological polar surface area (TPSA) is 38.7 Å². The maximum absolute atomic E-state index is 9.97. The summed E-state index contributed by atoms with van der Waals surface area (Å²) in [5, 5.41) is 13.3. The van der Waals surface area contributed by atoms with Crippen molar-refractivity contribution in [3.8, 4) is 0 Å². The number of rotatable bonds is 7. The van der Waals surface area contributed by atoms with Crippen LogP contribution in [0.1, 0.15) is 27.7 Å². The molecule has 0 aliphatic carbocycles. The van der Waals surface area contributed by atoms with E-state index in [1.807, 2.05) is 0 Å². The van der Waals surface area contributed by atoms with Gasteiger partial charge in [-0.25, -0.2) is 0 Å². The van der Waals surface area contributed by atoms with Crippen molar-refractivity contribution in [3.63, 3.8) is 0 Å². The quantitative estimate of drug-likeness (QED) is 0.701. The molecule has 1 unspecified atom stereocenters. The van der Waals surface area contributed by atoms with Gasteiger partial charge in [-0.2, -0.15) is 0 Å². The molecule has 1 aliphatic rings. The Hall–Kier alpha value is -0.160. The van der Waals surface area contributed by atoms with Crippen LogP contribution in [0, 0.1) is 5.92 Å². The predicted molar refractivity (Wildman–Crippen MR) is 76.9 cm³/mol. The average molecular weight is 257 g/mol. The van der Waals surface area contributed by atoms with E-state index in [4.69, 9.17) is 0 Å². The fourth-order valence-electron chi connectivity index (χ4n) is 2.36. The Kier molecular flexibility index (Phi) is 7.15. The molecule has 0 amide bonds. The van der Waals surface area contributed by atoms with Gasteiger partial charge in [0.15, 0.2) is 0 Å². The van der Waals surface area contributed by atoms with Gasteiger partial charge in [-0.15, -0.1) is 0 Å². The second-order valence-electron chi connectivity index (χ2n) is 6.14. The molecule has 0 aromatic heterocycles. The van der Waals surface area contributed by atoms with E-state index >= 15 is 0 Å². The first-order valence-corrected chi connectivity index (χ1v) is 7.34. The summed E-state index contributed by atoms with van der Waals surface area (Å²) in [7, 11) is 0. The summed E-state index contributed by atoms with van der Waals surface area (Å²) in [6.07, 6.45) is -0.241. The number of aliphatic hydroxyl groups is 1. The number of β-amino-alcohol motifs (C(OH)–C–C–N with tert-alkyl or cyclic N) is 1. The van der Waals surface area contributed by atoms with Crippen molar-refractivity contribution in [1.29, 1.82) is 0 Å². The Morgan fingerprint density at radius 1 is 1.00 bits per heavy atom. The highest BCUT2D eigenvalue weighted by atomic mass is 16.3. The molecule has 4 heteroatoms. The molecule has 0 spiro atoms. The highest BCUT2D eigenvalue weighted by Crippen LogP contribution is 2.06. The lowest BCUT2D eigenvalue weighted by molar-refractivity contribution is 0.0621. The van der Waals surface area contributed by atoms with Crippen LogP contribution in [0.25, 0.3) is 0 Å². The lowest BCUT2D eigenvalue weighted by Gasteiger charge is -2.37. The second-order valence-corrected chi connectivity index (χ2v) is 6.14. The minimum atomic E-state index is -0.241. The van der Waals surface area contributed by atoms with Crippen LogP contribution in [0.4, 0.5) is 0 Å². The molecular formula is C14H31N3O. The zero-order valence-electron chi connectivity index (χ0n) is 12.5. The van der Waals surface area contributed by atoms with Gasteiger partial charge in [-0.3, -0.25) is 9.80 Å². The number of hydrogen-bond donors (Lipinski definition) is 2. The maximum atomic E-state index is 9.97. The predicted octanol–water partition coefficient (Wildman–Crippen LogP) is 0.619. The van der Waals surface area contributed by atoms with Crippen molar-refractivity contribution in [1.82, 2.24) is 15.1 Å². The van der Waals surface area contributed by atoms with Crippen LogP contribution in [0.15, 0.2) is 0 Å². The Morgan fingerprint density at radius 3 is 2.11 bits per heavy atom. The van der Waals surface area contributed by atoms with Crippen LogP contribution in [0.2, 0.25) is 0 Å². The van der Waals surface area contributed by atoms with Gasteiger partial charge in [0.05, 0.1) is 6.10 Å². The third-order valence-electron chi connectivity index (χ3n) is 3.54. The minimum absolute atomic E-state index is 0.241. The fourth-order valence-corrected chi connectivity index (χ4v) is 2.36. The molecule has 1 aliphatic heterocycles. The molecule has 2 N–H and O–H groups in total. The van der Waals surface area contributed by atoms with Crippen molar-refractivity contribution in [2.24, 2.45) is 5.92 Å². The van der Waals surface area contributed by atoms with Gasteiger partial charge in [0.25, 0.3) is 0 Å². The van der Waals surface area contributed by atoms with E-state index in [1.165, 1.54) is 0 Å². The highest BCUT2D eigenvalue weighted by Gasteiger charge is 2.20. The van der Waals surface area contributed by atoms with Crippen molar-refractivity contribution >= 4 is 0 Å². The molecular weight excluding hydrogens is 226 g/mol. The van der Waals surface area contributed by atoms with Gasteiger partial charge in [0, 0.05) is 45.3 Å². The third kappa shape index (κ3) is 6.14. The van der Waals surface area contributed by atoms with E-state index < -0.39 is 0 Å². The fraction of sp³-hybridized carbons (Fsp3) is 1.00. The summed E-state index contributed by atoms with van der Waals surface area (Å²) < 4.78 is 0. The first-order chi connectivity index (χ1) is 8.49. The molecule has 0 aromatic rings. The van der Waals surface area contributed by atoms with Gasteiger partial charge in [-0.05, 0) is 26.3 Å². The Bertz CT molecular complexity index is 213. The van der Waals surface area contributed by atoms with E-state index in [2.05, 4.69) is 42.8 Å². The Labute approximate surface area is 112 Å². The van der Waals surface area contributed by atoms with Gasteiger partial charge in [0.1, 0.15) is 0 Å². The van der Waals surface area contributed by atoms with Crippen LogP contribution in [-0.2, 0) is 0 Å². The molecule has 4 nitrogen and oxygen atoms in total. The van der Waals surface area contributed by atoms with E-state index in [0.29, 0.717) is 18.5 Å². The SMILES string of the molecule is CC(C)CNCC(O)CN1CCN(C(C)C)CC1. The molecule has 0 bridgehead atoms. The van der Waals surface area contributed by atoms with E-state index in [9.17, 15) is 5.11 Å². The zero-order valence-corrected chi connectivity index (χ0v) is 12.5. The Balaban J connectivity index is 2.12. The van der Waals surface area contributed by atoms with Gasteiger partial charge in [0.2, 0.25) is 0 Å². The van der Waals surface area contributed by atoms with Crippen molar-refractivity contribution in [2.75, 3.05) is 45.8 Å². The number of aliphatic hydroxyl groups excluding tert-OH is 1. The number of hydrogen-bond acceptors (Lipinski definition) is 4. The number of piperazine rings is 1. The first-order valence-electron chi connectivity index (χ1n) is 7.34. The molecule has 0 radical (unpaired) electrons. The largest absolute Gasteiger partial charge is 0.390 e. The average Bonchev–Trinajstić information content (AvgIpc) is 2.29. The van der Waals surface area contributed by atoms with Gasteiger partial charge in [-0.1, -0.05) is 13.8 Å². The molecule has 0 aromatic carbocycles. The smallest absolute Gasteiger partial charge is 0.0791 e. The van der Waals surface area contributed by atoms with Crippen molar-refractivity contribution in [2.45, 2.75) is 39.8 Å². The molecule has 1 fully saturated rings. The van der Waals surface area contributed by atoms with E-state index in [-0.39, 0.29) is 6.10 Å². The highest BCUT2D eigenvalue weighted by molar-refractivity contribution is 4.76. The van der Waals surface area contributed by atoms with E-state index in [1.54, 1.807) is 0 Å².